The number of nitrogens with one attached hydrogen (secondary N) is 1. The van der Waals surface area contributed by atoms with Gasteiger partial charge in [-0.1, -0.05) is 12.1 Å². The van der Waals surface area contributed by atoms with Crippen LogP contribution in [0, 0.1) is 0 Å². The molecule has 112 valence electrons. The molecule has 0 aliphatic carbocycles. The summed E-state index contributed by atoms with van der Waals surface area (Å²) < 4.78 is 6.13. The Kier molecular flexibility index (Phi) is 8.14. The van der Waals surface area contributed by atoms with Crippen molar-refractivity contribution in [1.82, 2.24) is 10.2 Å². The summed E-state index contributed by atoms with van der Waals surface area (Å²) in [4.78, 5) is 14.3. The van der Waals surface area contributed by atoms with Gasteiger partial charge in [0, 0.05) is 24.1 Å². The van der Waals surface area contributed by atoms with Gasteiger partial charge >= 0.3 is 0 Å². The van der Waals surface area contributed by atoms with Crippen molar-refractivity contribution in [3.8, 4) is 0 Å². The number of carbonyl (C=O) groups is 1. The van der Waals surface area contributed by atoms with Crippen LogP contribution in [0.3, 0.4) is 0 Å². The van der Waals surface area contributed by atoms with Crippen LogP contribution in [0.25, 0.3) is 0 Å². The number of halogens is 2. The fraction of sp³-hybridized carbons (Fsp3) is 0.500. The van der Waals surface area contributed by atoms with Crippen molar-refractivity contribution in [3.63, 3.8) is 0 Å². The molecule has 1 aromatic rings. The molecule has 0 unspecified atom stereocenters. The lowest BCUT2D eigenvalue weighted by atomic mass is 10.2. The number of rotatable bonds is 5. The highest BCUT2D eigenvalue weighted by Crippen LogP contribution is 2.15. The standard InChI is InChI=1S/C14H19BrN2O2.ClH/c15-13-5-2-1-4-12(13)14(18)16-6-3-7-17-8-10-19-11-9-17;/h1-2,4-5H,3,6-11H2,(H,16,18);1H/p-1. The first kappa shape index (κ1) is 17.4. The Bertz CT molecular complexity index is 425. The monoisotopic (exact) mass is 361 g/mol. The van der Waals surface area contributed by atoms with Crippen molar-refractivity contribution in [2.75, 3.05) is 39.4 Å². The number of morpholine rings is 1. The molecule has 1 fully saturated rings. The maximum Gasteiger partial charge on any atom is 0.252 e. The van der Waals surface area contributed by atoms with Crippen LogP contribution in [-0.2, 0) is 4.74 Å². The Morgan fingerprint density at radius 3 is 2.70 bits per heavy atom. The number of hydrogen-bond acceptors (Lipinski definition) is 3. The van der Waals surface area contributed by atoms with Crippen LogP contribution in [0.5, 0.6) is 0 Å². The van der Waals surface area contributed by atoms with Crippen molar-refractivity contribution < 1.29 is 21.9 Å². The smallest absolute Gasteiger partial charge is 0.252 e. The quantitative estimate of drug-likeness (QED) is 0.677. The summed E-state index contributed by atoms with van der Waals surface area (Å²) in [6, 6.07) is 7.47. The largest absolute Gasteiger partial charge is 1.00 e. The summed E-state index contributed by atoms with van der Waals surface area (Å²) in [5, 5.41) is 2.95. The van der Waals surface area contributed by atoms with E-state index in [0.29, 0.717) is 12.1 Å². The maximum atomic E-state index is 11.9. The highest BCUT2D eigenvalue weighted by atomic mass is 79.9. The number of carbonyl (C=O) groups excluding carboxylic acids is 1. The average Bonchev–Trinajstić information content (AvgIpc) is 2.45. The SMILES string of the molecule is O=C(NCCCN1CCOCC1)c1ccccc1Br.[Cl-]. The molecule has 0 radical (unpaired) electrons. The van der Waals surface area contributed by atoms with E-state index in [1.165, 1.54) is 0 Å². The minimum Gasteiger partial charge on any atom is -1.00 e. The van der Waals surface area contributed by atoms with Crippen LogP contribution in [0.1, 0.15) is 16.8 Å². The minimum atomic E-state index is -0.0190. The van der Waals surface area contributed by atoms with Gasteiger partial charge in [-0.05, 0) is 41.0 Å². The summed E-state index contributed by atoms with van der Waals surface area (Å²) in [6.45, 7) is 5.36. The normalized spacial score (nSPS) is 15.4. The number of nitrogens with zero attached hydrogens (tertiary/aromatic N) is 1. The van der Waals surface area contributed by atoms with Gasteiger partial charge in [-0.15, -0.1) is 0 Å². The molecule has 1 aromatic carbocycles. The molecule has 0 bridgehead atoms. The second-order valence-corrected chi connectivity index (χ2v) is 5.40. The molecule has 1 aliphatic heterocycles. The third-order valence-electron chi connectivity index (χ3n) is 3.16. The summed E-state index contributed by atoms with van der Waals surface area (Å²) >= 11 is 3.39. The van der Waals surface area contributed by atoms with Crippen molar-refractivity contribution in [1.29, 1.82) is 0 Å². The number of hydrogen-bond donors (Lipinski definition) is 1. The third-order valence-corrected chi connectivity index (χ3v) is 3.85. The molecule has 0 saturated carbocycles. The van der Waals surface area contributed by atoms with Gasteiger partial charge in [-0.25, -0.2) is 0 Å². The van der Waals surface area contributed by atoms with Gasteiger partial charge in [0.05, 0.1) is 18.8 Å². The first-order valence-electron chi connectivity index (χ1n) is 6.60. The number of benzene rings is 1. The molecular weight excluding hydrogens is 344 g/mol. The van der Waals surface area contributed by atoms with E-state index in [-0.39, 0.29) is 18.3 Å². The first-order valence-corrected chi connectivity index (χ1v) is 7.39. The van der Waals surface area contributed by atoms with E-state index in [0.717, 1.165) is 43.7 Å². The third kappa shape index (κ3) is 5.40. The molecule has 0 spiro atoms. The molecule has 6 heteroatoms. The Balaban J connectivity index is 0.00000200. The molecule has 1 saturated heterocycles. The van der Waals surface area contributed by atoms with E-state index in [2.05, 4.69) is 26.1 Å². The minimum absolute atomic E-state index is 0. The number of amides is 1. The molecule has 1 heterocycles. The van der Waals surface area contributed by atoms with E-state index in [4.69, 9.17) is 4.74 Å². The molecule has 1 N–H and O–H groups in total. The maximum absolute atomic E-state index is 11.9. The first-order chi connectivity index (χ1) is 9.27. The van der Waals surface area contributed by atoms with E-state index in [1.807, 2.05) is 24.3 Å². The topological polar surface area (TPSA) is 41.6 Å². The molecule has 2 rings (SSSR count). The molecule has 1 aliphatic rings. The van der Waals surface area contributed by atoms with Crippen LogP contribution in [-0.4, -0.2) is 50.2 Å². The zero-order valence-electron chi connectivity index (χ0n) is 11.3. The van der Waals surface area contributed by atoms with E-state index in [9.17, 15) is 4.79 Å². The van der Waals surface area contributed by atoms with Crippen molar-refractivity contribution in [2.45, 2.75) is 6.42 Å². The van der Waals surface area contributed by atoms with Gasteiger partial charge in [0.1, 0.15) is 0 Å². The van der Waals surface area contributed by atoms with Crippen molar-refractivity contribution in [3.05, 3.63) is 34.3 Å². The van der Waals surface area contributed by atoms with Gasteiger partial charge < -0.3 is 22.5 Å². The highest BCUT2D eigenvalue weighted by molar-refractivity contribution is 9.10. The van der Waals surface area contributed by atoms with Crippen molar-refractivity contribution >= 4 is 21.8 Å². The zero-order chi connectivity index (χ0) is 13.5. The summed E-state index contributed by atoms with van der Waals surface area (Å²) in [5.41, 5.74) is 0.689. The predicted molar refractivity (Wildman–Crippen MR) is 78.4 cm³/mol. The highest BCUT2D eigenvalue weighted by Gasteiger charge is 2.11. The van der Waals surface area contributed by atoms with Crippen LogP contribution in [0.15, 0.2) is 28.7 Å². The van der Waals surface area contributed by atoms with Crippen LogP contribution in [0.2, 0.25) is 0 Å². The van der Waals surface area contributed by atoms with Gasteiger partial charge in [0.25, 0.3) is 5.91 Å². The van der Waals surface area contributed by atoms with E-state index in [1.54, 1.807) is 0 Å². The number of ether oxygens (including phenoxy) is 1. The fourth-order valence-corrected chi connectivity index (χ4v) is 2.53. The van der Waals surface area contributed by atoms with Gasteiger partial charge in [0.15, 0.2) is 0 Å². The summed E-state index contributed by atoms with van der Waals surface area (Å²) in [5.74, 6) is -0.0190. The lowest BCUT2D eigenvalue weighted by Gasteiger charge is -2.26. The average molecular weight is 363 g/mol. The van der Waals surface area contributed by atoms with E-state index < -0.39 is 0 Å². The molecule has 1 amide bonds. The van der Waals surface area contributed by atoms with Crippen LogP contribution < -0.4 is 17.7 Å². The lowest BCUT2D eigenvalue weighted by molar-refractivity contribution is -0.0000134. The lowest BCUT2D eigenvalue weighted by Crippen LogP contribution is -3.00. The second-order valence-electron chi connectivity index (χ2n) is 4.54. The van der Waals surface area contributed by atoms with Gasteiger partial charge in [0.2, 0.25) is 0 Å². The molecule has 0 aromatic heterocycles. The molecule has 20 heavy (non-hydrogen) atoms. The molecule has 4 nitrogen and oxygen atoms in total. The summed E-state index contributed by atoms with van der Waals surface area (Å²) in [6.07, 6.45) is 0.968. The zero-order valence-corrected chi connectivity index (χ0v) is 13.6. The van der Waals surface area contributed by atoms with Crippen molar-refractivity contribution in [2.24, 2.45) is 0 Å². The molecule has 0 atom stereocenters. The second kappa shape index (κ2) is 9.34. The van der Waals surface area contributed by atoms with Crippen LogP contribution >= 0.6 is 15.9 Å². The molecular formula is C14H19BrClN2O2-. The summed E-state index contributed by atoms with van der Waals surface area (Å²) in [7, 11) is 0. The van der Waals surface area contributed by atoms with Gasteiger partial charge in [-0.3, -0.25) is 9.69 Å². The van der Waals surface area contributed by atoms with Gasteiger partial charge in [-0.2, -0.15) is 0 Å². The Hall–Kier alpha value is -0.620. The Morgan fingerprint density at radius 2 is 2.00 bits per heavy atom. The Morgan fingerprint density at radius 1 is 1.30 bits per heavy atom. The predicted octanol–water partition coefficient (Wildman–Crippen LogP) is -1.09. The van der Waals surface area contributed by atoms with E-state index >= 15 is 0 Å². The Labute approximate surface area is 134 Å². The van der Waals surface area contributed by atoms with Crippen LogP contribution in [0.4, 0.5) is 0 Å². The fourth-order valence-electron chi connectivity index (χ4n) is 2.07.